The third-order valence-corrected chi connectivity index (χ3v) is 15.1. The molecular weight excluding hydrogens is 883 g/mol. The molecule has 0 unspecified atom stereocenters. The van der Waals surface area contributed by atoms with E-state index in [0.29, 0.717) is 63.4 Å². The Morgan fingerprint density at radius 1 is 1.12 bits per heavy atom. The van der Waals surface area contributed by atoms with Gasteiger partial charge in [0, 0.05) is 92.3 Å². The molecule has 8 rings (SSSR count). The minimum Gasteiger partial charge on any atom is -0.464 e. The maximum absolute atomic E-state index is 14.7. The van der Waals surface area contributed by atoms with Gasteiger partial charge in [-0.2, -0.15) is 0 Å². The summed E-state index contributed by atoms with van der Waals surface area (Å²) in [6.45, 7) is 18.2. The molecule has 2 saturated heterocycles. The van der Waals surface area contributed by atoms with Crippen molar-refractivity contribution in [1.29, 1.82) is 0 Å². The number of fused-ring (bicyclic) bond motifs is 6. The van der Waals surface area contributed by atoms with Crippen LogP contribution in [-0.4, -0.2) is 135 Å². The average molecular weight is 950 g/mol. The largest absolute Gasteiger partial charge is 0.464 e. The number of benzene rings is 1. The van der Waals surface area contributed by atoms with Crippen LogP contribution in [0.2, 0.25) is 0 Å². The Morgan fingerprint density at radius 2 is 1.90 bits per heavy atom. The standard InChI is InChI=1S/C51H67N9O7S/c1-10-42(61)59-23-14-22-57(29-51(59)19-20-51)49(65)56(8)44(31(3)4)46(62)54-38-26-41-53-39(28-68-41)33-17-18-40-35(25-33)36(45(58(40)11-2)34-15-12-21-52-43(34)32(5)66-9)27-50(6,7)30-67-48(64)37-16-13-24-60(55-37)47(38)63/h10,12,15,17-18,21,25,28,31-32,37-38,44,55H,1,11,13-14,16,19-20,22-24,26-27,29-30H2,2-9H3,(H,54,62)/t32-,37-,38-,44-/m0/s1. The highest BCUT2D eigenvalue weighted by Crippen LogP contribution is 2.45. The van der Waals surface area contributed by atoms with Crippen molar-refractivity contribution in [2.75, 3.05) is 46.9 Å². The lowest BCUT2D eigenvalue weighted by Crippen LogP contribution is -2.62. The Hall–Kier alpha value is -5.65. The number of carbonyl (C=O) groups excluding carboxylic acids is 5. The van der Waals surface area contributed by atoms with Crippen molar-refractivity contribution in [2.24, 2.45) is 11.3 Å². The summed E-state index contributed by atoms with van der Waals surface area (Å²) in [7, 11) is 3.31. The van der Waals surface area contributed by atoms with E-state index in [1.165, 1.54) is 27.3 Å². The minimum atomic E-state index is -1.09. The quantitative estimate of drug-likeness (QED) is 0.139. The third-order valence-electron chi connectivity index (χ3n) is 14.2. The molecule has 3 aliphatic heterocycles. The second kappa shape index (κ2) is 19.8. The summed E-state index contributed by atoms with van der Waals surface area (Å²) in [6, 6.07) is 7.31. The fourth-order valence-electron chi connectivity index (χ4n) is 10.5. The smallest absolute Gasteiger partial charge is 0.324 e. The van der Waals surface area contributed by atoms with Crippen molar-refractivity contribution in [3.63, 3.8) is 0 Å². The predicted molar refractivity (Wildman–Crippen MR) is 261 cm³/mol. The number of hydrogen-bond donors (Lipinski definition) is 2. The number of cyclic esters (lactones) is 1. The number of aryl methyl sites for hydroxylation is 1. The molecule has 17 heteroatoms. The van der Waals surface area contributed by atoms with Crippen LogP contribution in [0.25, 0.3) is 33.4 Å². The molecule has 3 fully saturated rings. The Kier molecular flexibility index (Phi) is 14.2. The molecule has 0 radical (unpaired) electrons. The molecule has 2 N–H and O–H groups in total. The molecule has 3 aromatic heterocycles. The Bertz CT molecular complexity index is 2580. The van der Waals surface area contributed by atoms with Crippen LogP contribution in [0.3, 0.4) is 0 Å². The van der Waals surface area contributed by atoms with E-state index in [4.69, 9.17) is 19.4 Å². The molecule has 4 aliphatic rings. The molecule has 4 atom stereocenters. The van der Waals surface area contributed by atoms with E-state index in [-0.39, 0.29) is 37.0 Å². The zero-order valence-electron chi connectivity index (χ0n) is 40.8. The zero-order valence-corrected chi connectivity index (χ0v) is 41.6. The fraction of sp³-hybridized carbons (Fsp3) is 0.549. The predicted octanol–water partition coefficient (Wildman–Crippen LogP) is 6.53. The Balaban J connectivity index is 1.14. The first-order valence-electron chi connectivity index (χ1n) is 24.1. The summed E-state index contributed by atoms with van der Waals surface area (Å²) in [5.41, 5.74) is 8.85. The second-order valence-electron chi connectivity index (χ2n) is 20.0. The number of likely N-dealkylation sites (N-methyl/N-ethyl adjacent to an activating group) is 1. The summed E-state index contributed by atoms with van der Waals surface area (Å²) in [6.07, 6.45) is 6.71. The van der Waals surface area contributed by atoms with Crippen molar-refractivity contribution in [3.8, 4) is 22.5 Å². The van der Waals surface area contributed by atoms with Gasteiger partial charge in [0.05, 0.1) is 40.3 Å². The highest BCUT2D eigenvalue weighted by atomic mass is 32.1. The number of rotatable bonds is 9. The van der Waals surface area contributed by atoms with Gasteiger partial charge in [-0.05, 0) is 94.2 Å². The summed E-state index contributed by atoms with van der Waals surface area (Å²) in [5.74, 6) is -1.81. The van der Waals surface area contributed by atoms with Crippen LogP contribution >= 0.6 is 11.3 Å². The van der Waals surface area contributed by atoms with Gasteiger partial charge in [-0.3, -0.25) is 29.2 Å². The van der Waals surface area contributed by atoms with Crippen molar-refractivity contribution in [3.05, 3.63) is 70.8 Å². The zero-order chi connectivity index (χ0) is 48.7. The number of nitrogens with one attached hydrogen (secondary N) is 2. The summed E-state index contributed by atoms with van der Waals surface area (Å²) in [4.78, 5) is 85.4. The minimum absolute atomic E-state index is 0.0757. The van der Waals surface area contributed by atoms with E-state index in [1.54, 1.807) is 25.3 Å². The first-order valence-corrected chi connectivity index (χ1v) is 25.0. The summed E-state index contributed by atoms with van der Waals surface area (Å²) in [5, 5.41) is 8.16. The molecule has 364 valence electrons. The number of nitrogens with zero attached hydrogens (tertiary/aromatic N) is 7. The van der Waals surface area contributed by atoms with Crippen LogP contribution in [-0.2, 0) is 48.0 Å². The van der Waals surface area contributed by atoms with Crippen LogP contribution in [0.1, 0.15) is 96.0 Å². The lowest BCUT2D eigenvalue weighted by atomic mass is 9.84. The van der Waals surface area contributed by atoms with Gasteiger partial charge in [-0.25, -0.2) is 15.2 Å². The number of methoxy groups -OCH3 is 1. The molecule has 16 nitrogen and oxygen atoms in total. The lowest BCUT2D eigenvalue weighted by molar-refractivity contribution is -0.155. The first-order chi connectivity index (χ1) is 32.5. The van der Waals surface area contributed by atoms with E-state index in [0.717, 1.165) is 57.5 Å². The van der Waals surface area contributed by atoms with Gasteiger partial charge in [-0.1, -0.05) is 40.3 Å². The lowest BCUT2D eigenvalue weighted by Gasteiger charge is -2.38. The van der Waals surface area contributed by atoms with Crippen molar-refractivity contribution in [2.45, 2.75) is 123 Å². The van der Waals surface area contributed by atoms with Crippen molar-refractivity contribution < 1.29 is 33.4 Å². The summed E-state index contributed by atoms with van der Waals surface area (Å²) >= 11 is 1.41. The molecule has 4 aromatic rings. The molecule has 5 amide bonds. The first kappa shape index (κ1) is 48.8. The van der Waals surface area contributed by atoms with Gasteiger partial charge >= 0.3 is 12.0 Å². The number of hydrogen-bond acceptors (Lipinski definition) is 11. The average Bonchev–Trinajstić information content (AvgIpc) is 3.91. The highest BCUT2D eigenvalue weighted by molar-refractivity contribution is 7.10. The van der Waals surface area contributed by atoms with Gasteiger partial charge in [0.25, 0.3) is 5.91 Å². The number of aromatic nitrogens is 3. The molecule has 6 heterocycles. The number of esters is 1. The van der Waals surface area contributed by atoms with Crippen LogP contribution < -0.4 is 10.7 Å². The van der Waals surface area contributed by atoms with Crippen LogP contribution in [0, 0.1) is 11.3 Å². The van der Waals surface area contributed by atoms with E-state index >= 15 is 0 Å². The number of ether oxygens (including phenoxy) is 2. The van der Waals surface area contributed by atoms with Gasteiger partial charge in [0.1, 0.15) is 18.1 Å². The van der Waals surface area contributed by atoms with Gasteiger partial charge in [0.2, 0.25) is 11.8 Å². The molecule has 1 saturated carbocycles. The van der Waals surface area contributed by atoms with Gasteiger partial charge in [-0.15, -0.1) is 11.3 Å². The molecule has 1 aromatic carbocycles. The number of amides is 5. The SMILES string of the molecule is C=CC(=O)N1CCCN(C(=O)N(C)[C@H](C(=O)N[C@H]2Cc3nc(cs3)-c3ccc4c(c3)c(c(-c3cccnc3[C@H](C)OC)n4CC)CC(C)(C)COC(=O)[C@@H]3CCCN(N3)C2=O)C(C)C)CC12CC2. The number of urea groups is 1. The molecule has 1 aliphatic carbocycles. The number of carbonyl (C=O) groups is 5. The van der Waals surface area contributed by atoms with Gasteiger partial charge < -0.3 is 34.1 Å². The van der Waals surface area contributed by atoms with Crippen molar-refractivity contribution in [1.82, 2.24) is 45.0 Å². The molecule has 1 spiro atoms. The van der Waals surface area contributed by atoms with Crippen LogP contribution in [0.4, 0.5) is 4.79 Å². The highest BCUT2D eigenvalue weighted by Gasteiger charge is 2.53. The number of pyridine rings is 1. The van der Waals surface area contributed by atoms with Crippen LogP contribution in [0.15, 0.2) is 54.6 Å². The van der Waals surface area contributed by atoms with E-state index in [2.05, 4.69) is 66.9 Å². The van der Waals surface area contributed by atoms with E-state index in [1.807, 2.05) is 37.1 Å². The van der Waals surface area contributed by atoms with E-state index in [9.17, 15) is 24.0 Å². The monoisotopic (exact) mass is 949 g/mol. The number of hydrazine groups is 1. The fourth-order valence-corrected chi connectivity index (χ4v) is 11.3. The Morgan fingerprint density at radius 3 is 2.60 bits per heavy atom. The van der Waals surface area contributed by atoms with E-state index < -0.39 is 46.9 Å². The Labute approximate surface area is 403 Å². The summed E-state index contributed by atoms with van der Waals surface area (Å²) < 4.78 is 14.3. The topological polar surface area (TPSA) is 172 Å². The third kappa shape index (κ3) is 9.66. The number of thiazole rings is 1. The maximum Gasteiger partial charge on any atom is 0.324 e. The molecular formula is C51H67N9O7S. The molecule has 6 bridgehead atoms. The van der Waals surface area contributed by atoms with Crippen molar-refractivity contribution >= 4 is 52.0 Å². The second-order valence-corrected chi connectivity index (χ2v) is 21.0. The maximum atomic E-state index is 14.7. The van der Waals surface area contributed by atoms with Crippen LogP contribution in [0.5, 0.6) is 0 Å². The normalized spacial score (nSPS) is 21.5. The van der Waals surface area contributed by atoms with Gasteiger partial charge in [0.15, 0.2) is 0 Å². The molecule has 68 heavy (non-hydrogen) atoms.